The summed E-state index contributed by atoms with van der Waals surface area (Å²) in [6.45, 7) is 0. The van der Waals surface area contributed by atoms with E-state index in [-0.39, 0.29) is 11.0 Å². The highest BCUT2D eigenvalue weighted by Gasteiger charge is 2.11. The standard InChI is InChI=1S/C15H13ClN4O2S2/c16-15-18-8-12(13-2-1-7-23-13)14(20-15)19-11-5-3-10(4-6-11)9-24(17,21)22/h1-8H,9H2,(H2,17,21,22)(H,18,19,20). The number of anilines is 2. The van der Waals surface area contributed by atoms with Crippen LogP contribution in [-0.4, -0.2) is 18.4 Å². The molecular formula is C15H13ClN4O2S2. The Kier molecular flexibility index (Phi) is 4.81. The van der Waals surface area contributed by atoms with Gasteiger partial charge >= 0.3 is 0 Å². The molecule has 0 aliphatic rings. The van der Waals surface area contributed by atoms with Crippen LogP contribution in [0.1, 0.15) is 5.56 Å². The number of halogens is 1. The zero-order chi connectivity index (χ0) is 17.2. The number of thiophene rings is 1. The Hall–Kier alpha value is -2.00. The van der Waals surface area contributed by atoms with E-state index in [1.54, 1.807) is 41.8 Å². The third-order valence-electron chi connectivity index (χ3n) is 3.13. The van der Waals surface area contributed by atoms with Gasteiger partial charge in [0.15, 0.2) is 0 Å². The summed E-state index contributed by atoms with van der Waals surface area (Å²) in [7, 11) is -3.55. The highest BCUT2D eigenvalue weighted by atomic mass is 35.5. The van der Waals surface area contributed by atoms with Crippen LogP contribution in [0.25, 0.3) is 10.4 Å². The number of hydrogen-bond acceptors (Lipinski definition) is 6. The first-order chi connectivity index (χ1) is 11.4. The summed E-state index contributed by atoms with van der Waals surface area (Å²) in [6.07, 6.45) is 1.67. The molecule has 2 aromatic heterocycles. The van der Waals surface area contributed by atoms with Gasteiger partial charge in [0.2, 0.25) is 15.3 Å². The Morgan fingerprint density at radius 3 is 2.58 bits per heavy atom. The number of primary sulfonamides is 1. The summed E-state index contributed by atoms with van der Waals surface area (Å²) in [5, 5.41) is 10.3. The van der Waals surface area contributed by atoms with Crippen LogP contribution in [-0.2, 0) is 15.8 Å². The zero-order valence-corrected chi connectivity index (χ0v) is 14.7. The monoisotopic (exact) mass is 380 g/mol. The lowest BCUT2D eigenvalue weighted by Gasteiger charge is -2.10. The lowest BCUT2D eigenvalue weighted by atomic mass is 10.2. The Balaban J connectivity index is 1.87. The number of nitrogens with two attached hydrogens (primary N) is 1. The summed E-state index contributed by atoms with van der Waals surface area (Å²) in [5.41, 5.74) is 2.20. The van der Waals surface area contributed by atoms with Gasteiger partial charge in [-0.05, 0) is 40.7 Å². The van der Waals surface area contributed by atoms with Crippen LogP contribution in [0.5, 0.6) is 0 Å². The van der Waals surface area contributed by atoms with E-state index in [1.807, 2.05) is 17.5 Å². The van der Waals surface area contributed by atoms with E-state index < -0.39 is 10.0 Å². The van der Waals surface area contributed by atoms with E-state index in [2.05, 4.69) is 15.3 Å². The first-order valence-corrected chi connectivity index (χ1v) is 9.81. The molecule has 24 heavy (non-hydrogen) atoms. The van der Waals surface area contributed by atoms with E-state index in [1.165, 1.54) is 0 Å². The third kappa shape index (κ3) is 4.30. The molecule has 0 bridgehead atoms. The largest absolute Gasteiger partial charge is 0.340 e. The molecule has 124 valence electrons. The van der Waals surface area contributed by atoms with E-state index in [0.29, 0.717) is 11.4 Å². The van der Waals surface area contributed by atoms with Crippen molar-refractivity contribution in [2.75, 3.05) is 5.32 Å². The van der Waals surface area contributed by atoms with Crippen molar-refractivity contribution < 1.29 is 8.42 Å². The molecule has 2 heterocycles. The SMILES string of the molecule is NS(=O)(=O)Cc1ccc(Nc2nc(Cl)ncc2-c2cccs2)cc1. The molecule has 0 fully saturated rings. The maximum absolute atomic E-state index is 11.1. The Bertz CT molecular complexity index is 942. The molecule has 1 aromatic carbocycles. The average Bonchev–Trinajstić information content (AvgIpc) is 3.02. The summed E-state index contributed by atoms with van der Waals surface area (Å²) in [4.78, 5) is 9.29. The highest BCUT2D eigenvalue weighted by Crippen LogP contribution is 2.32. The Morgan fingerprint density at radius 1 is 1.21 bits per heavy atom. The van der Waals surface area contributed by atoms with Crippen molar-refractivity contribution in [3.63, 3.8) is 0 Å². The fourth-order valence-electron chi connectivity index (χ4n) is 2.12. The normalized spacial score (nSPS) is 11.4. The first-order valence-electron chi connectivity index (χ1n) is 6.83. The van der Waals surface area contributed by atoms with Crippen LogP contribution in [0.15, 0.2) is 48.0 Å². The van der Waals surface area contributed by atoms with E-state index in [9.17, 15) is 8.42 Å². The number of sulfonamides is 1. The molecule has 0 saturated heterocycles. The number of benzene rings is 1. The number of rotatable bonds is 5. The number of nitrogens with one attached hydrogen (secondary N) is 1. The van der Waals surface area contributed by atoms with Crippen LogP contribution >= 0.6 is 22.9 Å². The molecule has 3 aromatic rings. The van der Waals surface area contributed by atoms with E-state index in [4.69, 9.17) is 16.7 Å². The molecule has 0 saturated carbocycles. The van der Waals surface area contributed by atoms with Gasteiger partial charge in [-0.2, -0.15) is 4.98 Å². The zero-order valence-electron chi connectivity index (χ0n) is 12.3. The second kappa shape index (κ2) is 6.86. The molecule has 9 heteroatoms. The van der Waals surface area contributed by atoms with Gasteiger partial charge in [-0.1, -0.05) is 18.2 Å². The van der Waals surface area contributed by atoms with Crippen LogP contribution in [0.4, 0.5) is 11.5 Å². The molecule has 6 nitrogen and oxygen atoms in total. The third-order valence-corrected chi connectivity index (χ3v) is 4.95. The van der Waals surface area contributed by atoms with Gasteiger partial charge in [-0.3, -0.25) is 0 Å². The lowest BCUT2D eigenvalue weighted by Crippen LogP contribution is -2.14. The smallest absolute Gasteiger partial charge is 0.224 e. The minimum Gasteiger partial charge on any atom is -0.340 e. The quantitative estimate of drug-likeness (QED) is 0.661. The number of hydrogen-bond donors (Lipinski definition) is 2. The number of nitrogens with zero attached hydrogens (tertiary/aromatic N) is 2. The molecular weight excluding hydrogens is 368 g/mol. The molecule has 0 radical (unpaired) electrons. The van der Waals surface area contributed by atoms with Crippen LogP contribution in [0, 0.1) is 0 Å². The van der Waals surface area contributed by atoms with E-state index >= 15 is 0 Å². The van der Waals surface area contributed by atoms with Crippen molar-refractivity contribution >= 4 is 44.5 Å². The fourth-order valence-corrected chi connectivity index (χ4v) is 3.65. The molecule has 0 aliphatic heterocycles. The molecule has 0 atom stereocenters. The minimum atomic E-state index is -3.55. The van der Waals surface area contributed by atoms with Crippen molar-refractivity contribution in [2.24, 2.45) is 5.14 Å². The van der Waals surface area contributed by atoms with Gasteiger partial charge in [-0.25, -0.2) is 18.5 Å². The summed E-state index contributed by atoms with van der Waals surface area (Å²) < 4.78 is 22.2. The molecule has 3 N–H and O–H groups in total. The van der Waals surface area contributed by atoms with Gasteiger partial charge in [0.05, 0.1) is 11.3 Å². The number of aromatic nitrogens is 2. The maximum atomic E-state index is 11.1. The average molecular weight is 381 g/mol. The van der Waals surface area contributed by atoms with Crippen LogP contribution in [0.3, 0.4) is 0 Å². The van der Waals surface area contributed by atoms with Gasteiger partial charge in [0.1, 0.15) is 5.82 Å². The molecule has 0 unspecified atom stereocenters. The molecule has 0 spiro atoms. The Morgan fingerprint density at radius 2 is 1.96 bits per heavy atom. The fraction of sp³-hybridized carbons (Fsp3) is 0.0667. The van der Waals surface area contributed by atoms with Gasteiger partial charge < -0.3 is 5.32 Å². The topological polar surface area (TPSA) is 98.0 Å². The minimum absolute atomic E-state index is 0.142. The molecule has 0 amide bonds. The van der Waals surface area contributed by atoms with Crippen molar-refractivity contribution in [2.45, 2.75) is 5.75 Å². The molecule has 3 rings (SSSR count). The van der Waals surface area contributed by atoms with Crippen molar-refractivity contribution in [3.8, 4) is 10.4 Å². The van der Waals surface area contributed by atoms with E-state index in [0.717, 1.165) is 16.1 Å². The van der Waals surface area contributed by atoms with Crippen molar-refractivity contribution in [3.05, 3.63) is 58.8 Å². The van der Waals surface area contributed by atoms with Crippen LogP contribution < -0.4 is 10.5 Å². The van der Waals surface area contributed by atoms with Crippen molar-refractivity contribution in [1.82, 2.24) is 9.97 Å². The second-order valence-corrected chi connectivity index (χ2v) is 7.91. The molecule has 0 aliphatic carbocycles. The van der Waals surface area contributed by atoms with Gasteiger partial charge in [0.25, 0.3) is 0 Å². The van der Waals surface area contributed by atoms with Crippen molar-refractivity contribution in [1.29, 1.82) is 0 Å². The predicted octanol–water partition coefficient (Wildman–Crippen LogP) is 3.39. The summed E-state index contributed by atoms with van der Waals surface area (Å²) >= 11 is 7.47. The van der Waals surface area contributed by atoms with Crippen LogP contribution in [0.2, 0.25) is 5.28 Å². The Labute approximate surface area is 148 Å². The lowest BCUT2D eigenvalue weighted by molar-refractivity contribution is 0.597. The predicted molar refractivity (Wildman–Crippen MR) is 96.9 cm³/mol. The summed E-state index contributed by atoms with van der Waals surface area (Å²) in [5.74, 6) is 0.379. The van der Waals surface area contributed by atoms with Gasteiger partial charge in [0, 0.05) is 16.8 Å². The second-order valence-electron chi connectivity index (χ2n) is 5.01. The van der Waals surface area contributed by atoms with Gasteiger partial charge in [-0.15, -0.1) is 11.3 Å². The summed E-state index contributed by atoms with van der Waals surface area (Å²) in [6, 6.07) is 10.8. The first kappa shape index (κ1) is 16.8. The maximum Gasteiger partial charge on any atom is 0.224 e. The highest BCUT2D eigenvalue weighted by molar-refractivity contribution is 7.88.